The van der Waals surface area contributed by atoms with Gasteiger partial charge in [-0.15, -0.1) is 0 Å². The summed E-state index contributed by atoms with van der Waals surface area (Å²) in [4.78, 5) is 24.5. The van der Waals surface area contributed by atoms with Crippen molar-refractivity contribution in [3.05, 3.63) is 89.5 Å². The van der Waals surface area contributed by atoms with E-state index in [1.165, 1.54) is 18.6 Å². The van der Waals surface area contributed by atoms with E-state index < -0.39 is 38.7 Å². The zero-order valence-electron chi connectivity index (χ0n) is 19.5. The normalized spacial score (nSPS) is 11.9. The number of benzene rings is 1. The Bertz CT molecular complexity index is 1620. The van der Waals surface area contributed by atoms with Gasteiger partial charge < -0.3 is 15.7 Å². The van der Waals surface area contributed by atoms with Crippen LogP contribution in [0.4, 0.5) is 20.3 Å². The molecule has 0 amide bonds. The average Bonchev–Trinajstić information content (AvgIpc) is 3.30. The molecule has 190 valence electrons. The van der Waals surface area contributed by atoms with Gasteiger partial charge in [0.2, 0.25) is 15.8 Å². The molecule has 0 aliphatic rings. The quantitative estimate of drug-likeness (QED) is 0.175. The maximum Gasteiger partial charge on any atom is 0.232 e. The van der Waals surface area contributed by atoms with Gasteiger partial charge in [-0.25, -0.2) is 27.2 Å². The zero-order valence-corrected chi connectivity index (χ0v) is 20.4. The number of nitrogens with zero attached hydrogens (tertiary/aromatic N) is 2. The Morgan fingerprint density at radius 3 is 2.70 bits per heavy atom. The van der Waals surface area contributed by atoms with Crippen LogP contribution in [0.3, 0.4) is 0 Å². The van der Waals surface area contributed by atoms with Gasteiger partial charge in [-0.05, 0) is 36.8 Å². The molecule has 0 unspecified atom stereocenters. The molecule has 0 bridgehead atoms. The highest BCUT2D eigenvalue weighted by Crippen LogP contribution is 2.28. The van der Waals surface area contributed by atoms with E-state index in [1.807, 2.05) is 0 Å². The van der Waals surface area contributed by atoms with Crippen LogP contribution in [0, 0.1) is 17.0 Å². The number of ketones is 1. The zero-order chi connectivity index (χ0) is 26.6. The van der Waals surface area contributed by atoms with Gasteiger partial charge in [-0.1, -0.05) is 13.0 Å². The molecule has 4 N–H and O–H groups in total. The summed E-state index contributed by atoms with van der Waals surface area (Å²) >= 11 is 0. The number of H-pyrrole nitrogens is 1. The molecule has 0 spiro atoms. The Kier molecular flexibility index (Phi) is 7.39. The Hall–Kier alpha value is -4.45. The minimum atomic E-state index is -3.87. The number of carbonyl (C=O) groups is 1. The van der Waals surface area contributed by atoms with Crippen molar-refractivity contribution in [1.82, 2.24) is 15.0 Å². The molecule has 0 atom stereocenters. The van der Waals surface area contributed by atoms with Crippen LogP contribution in [-0.2, 0) is 10.0 Å². The maximum absolute atomic E-state index is 15.2. The van der Waals surface area contributed by atoms with E-state index in [0.29, 0.717) is 17.0 Å². The van der Waals surface area contributed by atoms with Crippen molar-refractivity contribution in [2.75, 3.05) is 15.8 Å². The summed E-state index contributed by atoms with van der Waals surface area (Å²) in [5.41, 5.74) is -0.340. The van der Waals surface area contributed by atoms with E-state index in [-0.39, 0.29) is 28.8 Å². The minimum Gasteiger partial charge on any atom is -0.346 e. The molecule has 4 aromatic rings. The Balaban J connectivity index is 1.72. The molecule has 3 aromatic heterocycles. The van der Waals surface area contributed by atoms with Crippen LogP contribution < -0.4 is 10.0 Å². The Labute approximate surface area is 211 Å². The van der Waals surface area contributed by atoms with Crippen LogP contribution in [0.1, 0.15) is 34.8 Å². The fourth-order valence-electron chi connectivity index (χ4n) is 3.62. The molecule has 4 rings (SSSR count). The van der Waals surface area contributed by atoms with Crippen molar-refractivity contribution >= 4 is 50.1 Å². The average molecular weight is 525 g/mol. The molecule has 0 saturated heterocycles. The fraction of sp³-hybridized carbons (Fsp3) is 0.120. The molecular formula is C25H22F2N6O3S. The first-order valence-electron chi connectivity index (χ1n) is 11.1. The number of aromatic amines is 1. The van der Waals surface area contributed by atoms with Crippen LogP contribution in [0.2, 0.25) is 0 Å². The number of hydrogen-bond acceptors (Lipinski definition) is 7. The summed E-state index contributed by atoms with van der Waals surface area (Å²) < 4.78 is 56.1. The number of pyridine rings is 2. The van der Waals surface area contributed by atoms with E-state index >= 15 is 4.39 Å². The van der Waals surface area contributed by atoms with Crippen molar-refractivity contribution in [1.29, 1.82) is 5.41 Å². The van der Waals surface area contributed by atoms with E-state index in [9.17, 15) is 17.6 Å². The number of carbonyl (C=O) groups excluding carboxylic acids is 1. The molecule has 0 aliphatic carbocycles. The van der Waals surface area contributed by atoms with Crippen molar-refractivity contribution < 1.29 is 22.0 Å². The van der Waals surface area contributed by atoms with E-state index in [2.05, 4.69) is 25.0 Å². The third-order valence-corrected chi connectivity index (χ3v) is 6.84. The lowest BCUT2D eigenvalue weighted by atomic mass is 10.00. The molecule has 9 nitrogen and oxygen atoms in total. The van der Waals surface area contributed by atoms with Crippen molar-refractivity contribution in [2.45, 2.75) is 13.3 Å². The van der Waals surface area contributed by atoms with E-state index in [1.54, 1.807) is 37.4 Å². The number of allylic oxidation sites excluding steroid dienone is 1. The molecule has 1 aromatic carbocycles. The summed E-state index contributed by atoms with van der Waals surface area (Å²) in [6.07, 6.45) is 7.27. The second-order valence-electron chi connectivity index (χ2n) is 7.96. The van der Waals surface area contributed by atoms with Crippen molar-refractivity contribution in [2.24, 2.45) is 0 Å². The van der Waals surface area contributed by atoms with Crippen molar-refractivity contribution in [3.8, 4) is 0 Å². The first kappa shape index (κ1) is 25.6. The maximum atomic E-state index is 15.2. The van der Waals surface area contributed by atoms with Gasteiger partial charge in [0.1, 0.15) is 17.3 Å². The molecule has 0 fully saturated rings. The number of rotatable bonds is 10. The number of nitrogens with one attached hydrogen (secondary N) is 4. The number of halogens is 2. The largest absolute Gasteiger partial charge is 0.346 e. The third-order valence-electron chi connectivity index (χ3n) is 5.36. The predicted molar refractivity (Wildman–Crippen MR) is 138 cm³/mol. The molecule has 0 saturated carbocycles. The van der Waals surface area contributed by atoms with Crippen LogP contribution in [-0.4, -0.2) is 41.1 Å². The summed E-state index contributed by atoms with van der Waals surface area (Å²) in [6.45, 7) is 1.64. The molecule has 37 heavy (non-hydrogen) atoms. The lowest BCUT2D eigenvalue weighted by Gasteiger charge is -2.11. The minimum absolute atomic E-state index is 0.0715. The molecule has 0 radical (unpaired) electrons. The third kappa shape index (κ3) is 5.54. The molecule has 0 aliphatic heterocycles. The SMILES string of the molecule is CCCS(=O)(=O)Nc1ccc(F)c(C(=O)c2c[nH]c3ncc(/C(C=N)=C/Nc4ccccn4)cc23)c1F. The van der Waals surface area contributed by atoms with Gasteiger partial charge in [-0.3, -0.25) is 9.52 Å². The lowest BCUT2D eigenvalue weighted by Crippen LogP contribution is -2.18. The highest BCUT2D eigenvalue weighted by atomic mass is 32.2. The van der Waals surface area contributed by atoms with Crippen LogP contribution in [0.15, 0.2) is 61.2 Å². The predicted octanol–water partition coefficient (Wildman–Crippen LogP) is 4.72. The van der Waals surface area contributed by atoms with Crippen molar-refractivity contribution in [3.63, 3.8) is 0 Å². The second kappa shape index (κ2) is 10.7. The van der Waals surface area contributed by atoms with E-state index in [4.69, 9.17) is 5.41 Å². The Morgan fingerprint density at radius 2 is 2.00 bits per heavy atom. The summed E-state index contributed by atoms with van der Waals surface area (Å²) in [5.74, 6) is -3.17. The number of aromatic nitrogens is 3. The van der Waals surface area contributed by atoms with Gasteiger partial charge in [0.15, 0.2) is 5.82 Å². The highest BCUT2D eigenvalue weighted by Gasteiger charge is 2.26. The smallest absolute Gasteiger partial charge is 0.232 e. The number of anilines is 2. The van der Waals surface area contributed by atoms with Crippen LogP contribution >= 0.6 is 0 Å². The molecular weight excluding hydrogens is 502 g/mol. The monoisotopic (exact) mass is 524 g/mol. The van der Waals surface area contributed by atoms with Crippen LogP contribution in [0.25, 0.3) is 16.6 Å². The molecule has 12 heteroatoms. The van der Waals surface area contributed by atoms with E-state index in [0.717, 1.165) is 18.3 Å². The second-order valence-corrected chi connectivity index (χ2v) is 9.80. The standard InChI is InChI=1S/C25H22F2N6O3S/c1-2-9-37(35,36)33-20-7-6-19(26)22(23(20)27)24(34)18-14-32-25-17(18)10-15(12-31-25)16(11-28)13-30-21-5-3-4-8-29-21/h3-8,10-14,28,33H,2,9H2,1H3,(H,29,30)(H,31,32)/b16-13+,28-11?. The lowest BCUT2D eigenvalue weighted by molar-refractivity contribution is 0.103. The fourth-order valence-corrected chi connectivity index (χ4v) is 4.75. The molecule has 3 heterocycles. The number of sulfonamides is 1. The van der Waals surface area contributed by atoms with Gasteiger partial charge in [-0.2, -0.15) is 0 Å². The van der Waals surface area contributed by atoms with Gasteiger partial charge in [0.25, 0.3) is 0 Å². The summed E-state index contributed by atoms with van der Waals surface area (Å²) in [7, 11) is -3.87. The summed E-state index contributed by atoms with van der Waals surface area (Å²) in [5, 5.41) is 11.0. The van der Waals surface area contributed by atoms with Gasteiger partial charge >= 0.3 is 0 Å². The Morgan fingerprint density at radius 1 is 1.19 bits per heavy atom. The van der Waals surface area contributed by atoms with Gasteiger partial charge in [0, 0.05) is 53.1 Å². The highest BCUT2D eigenvalue weighted by molar-refractivity contribution is 7.92. The topological polar surface area (TPSA) is 141 Å². The first-order valence-corrected chi connectivity index (χ1v) is 12.8. The first-order chi connectivity index (χ1) is 17.7. The van der Waals surface area contributed by atoms with Gasteiger partial charge in [0.05, 0.1) is 17.0 Å². The summed E-state index contributed by atoms with van der Waals surface area (Å²) in [6, 6.07) is 8.61. The van der Waals surface area contributed by atoms with Crippen LogP contribution in [0.5, 0.6) is 0 Å². The number of fused-ring (bicyclic) bond motifs is 1. The number of hydrogen-bond donors (Lipinski definition) is 4.